The fourth-order valence-corrected chi connectivity index (χ4v) is 3.16. The van der Waals surface area contributed by atoms with Crippen molar-refractivity contribution >= 4 is 18.1 Å². The molecule has 0 unspecified atom stereocenters. The first-order valence-electron chi connectivity index (χ1n) is 7.62. The van der Waals surface area contributed by atoms with E-state index in [1.54, 1.807) is 6.08 Å². The Hall–Kier alpha value is -2.75. The highest BCUT2D eigenvalue weighted by molar-refractivity contribution is 5.72. The number of rotatable bonds is 4. The number of benzene rings is 1. The first-order valence-corrected chi connectivity index (χ1v) is 7.62. The van der Waals surface area contributed by atoms with Gasteiger partial charge in [0, 0.05) is 16.6 Å². The molecule has 0 bridgehead atoms. The van der Waals surface area contributed by atoms with Gasteiger partial charge in [0.05, 0.1) is 0 Å². The molecule has 1 aliphatic rings. The molecule has 0 fully saturated rings. The van der Waals surface area contributed by atoms with Gasteiger partial charge >= 0.3 is 5.97 Å². The van der Waals surface area contributed by atoms with Crippen LogP contribution in [0.3, 0.4) is 0 Å². The summed E-state index contributed by atoms with van der Waals surface area (Å²) in [4.78, 5) is 14.1. The Bertz CT molecular complexity index is 890. The zero-order valence-corrected chi connectivity index (χ0v) is 13.1. The maximum Gasteiger partial charge on any atom is 0.341 e. The fraction of sp³-hybridized carbons (Fsp3) is 0.211. The van der Waals surface area contributed by atoms with Crippen molar-refractivity contribution < 1.29 is 14.6 Å². The van der Waals surface area contributed by atoms with E-state index in [9.17, 15) is 4.79 Å². The van der Waals surface area contributed by atoms with E-state index < -0.39 is 5.97 Å². The Morgan fingerprint density at radius 2 is 2.26 bits per heavy atom. The van der Waals surface area contributed by atoms with Crippen molar-refractivity contribution in [2.24, 2.45) is 0 Å². The number of aromatic amines is 1. The van der Waals surface area contributed by atoms with Gasteiger partial charge in [0.15, 0.2) is 6.61 Å². The largest absolute Gasteiger partial charge is 0.482 e. The van der Waals surface area contributed by atoms with Crippen molar-refractivity contribution in [3.63, 3.8) is 0 Å². The Kier molecular flexibility index (Phi) is 4.06. The number of hydrogen-bond donors (Lipinski definition) is 2. The second-order valence-electron chi connectivity index (χ2n) is 5.50. The molecule has 1 aromatic heterocycles. The molecule has 3 rings (SSSR count). The first-order chi connectivity index (χ1) is 11.1. The van der Waals surface area contributed by atoms with Crippen LogP contribution in [0.5, 0.6) is 5.75 Å². The molecule has 0 saturated carbocycles. The van der Waals surface area contributed by atoms with Crippen molar-refractivity contribution in [1.82, 2.24) is 4.98 Å². The van der Waals surface area contributed by atoms with Crippen LogP contribution in [0.1, 0.15) is 18.1 Å². The standard InChI is InChI=1S/C19H19NO3/c1-3-5-17-14(4-2)16-8-6-12-10-13(23-11-18(21)22)7-9-15(12)19(16)20-17/h3-5,7,9-10,20H,1,6,8,11H2,2H3,(H,21,22)/b14-4-,17-5+. The molecule has 0 radical (unpaired) electrons. The third kappa shape index (κ3) is 2.80. The number of hydrogen-bond acceptors (Lipinski definition) is 2. The first kappa shape index (κ1) is 15.2. The zero-order valence-electron chi connectivity index (χ0n) is 13.1. The minimum atomic E-state index is -0.970. The summed E-state index contributed by atoms with van der Waals surface area (Å²) in [6.45, 7) is 5.50. The van der Waals surface area contributed by atoms with Crippen LogP contribution in [0.15, 0.2) is 30.9 Å². The second-order valence-corrected chi connectivity index (χ2v) is 5.50. The molecule has 0 atom stereocenters. The molecule has 1 heterocycles. The van der Waals surface area contributed by atoms with Gasteiger partial charge in [-0.05, 0) is 60.4 Å². The Labute approximate surface area is 134 Å². The molecule has 2 aromatic rings. The number of aromatic nitrogens is 1. The average molecular weight is 309 g/mol. The molecular formula is C19H19NO3. The van der Waals surface area contributed by atoms with Crippen LogP contribution in [-0.4, -0.2) is 22.7 Å². The van der Waals surface area contributed by atoms with Crippen LogP contribution in [0.25, 0.3) is 23.4 Å². The maximum atomic E-state index is 10.6. The number of allylic oxidation sites excluding steroid dienone is 1. The topological polar surface area (TPSA) is 62.3 Å². The van der Waals surface area contributed by atoms with Crippen molar-refractivity contribution in [3.05, 3.63) is 52.5 Å². The quantitative estimate of drug-likeness (QED) is 0.908. The Balaban J connectivity index is 2.07. The van der Waals surface area contributed by atoms with Gasteiger partial charge in [0.1, 0.15) is 5.75 Å². The molecule has 0 amide bonds. The number of aryl methyl sites for hydroxylation is 1. The molecule has 4 nitrogen and oxygen atoms in total. The van der Waals surface area contributed by atoms with Crippen molar-refractivity contribution in [2.45, 2.75) is 19.8 Å². The van der Waals surface area contributed by atoms with E-state index in [0.29, 0.717) is 5.75 Å². The average Bonchev–Trinajstić information content (AvgIpc) is 2.90. The number of carbonyl (C=O) groups is 1. The number of carboxylic acids is 1. The molecule has 1 aliphatic carbocycles. The molecule has 0 aliphatic heterocycles. The molecule has 4 heteroatoms. The minimum Gasteiger partial charge on any atom is -0.482 e. The Morgan fingerprint density at radius 3 is 2.96 bits per heavy atom. The summed E-state index contributed by atoms with van der Waals surface area (Å²) in [5.74, 6) is -0.372. The predicted octanol–water partition coefficient (Wildman–Crippen LogP) is 2.01. The molecular weight excluding hydrogens is 290 g/mol. The van der Waals surface area contributed by atoms with E-state index in [2.05, 4.69) is 17.6 Å². The van der Waals surface area contributed by atoms with Crippen LogP contribution in [0.4, 0.5) is 0 Å². The highest BCUT2D eigenvalue weighted by Crippen LogP contribution is 2.32. The lowest BCUT2D eigenvalue weighted by Gasteiger charge is -2.17. The summed E-state index contributed by atoms with van der Waals surface area (Å²) in [6.07, 6.45) is 7.76. The van der Waals surface area contributed by atoms with Crippen LogP contribution >= 0.6 is 0 Å². The number of ether oxygens (including phenoxy) is 1. The number of H-pyrrole nitrogens is 1. The number of nitrogens with one attached hydrogen (secondary N) is 1. The predicted molar refractivity (Wildman–Crippen MR) is 90.8 cm³/mol. The number of fused-ring (bicyclic) bond motifs is 3. The summed E-state index contributed by atoms with van der Waals surface area (Å²) < 4.78 is 5.27. The van der Waals surface area contributed by atoms with Gasteiger partial charge in [-0.1, -0.05) is 18.7 Å². The summed E-state index contributed by atoms with van der Waals surface area (Å²) >= 11 is 0. The third-order valence-corrected chi connectivity index (χ3v) is 4.10. The van der Waals surface area contributed by atoms with Crippen LogP contribution in [0.2, 0.25) is 0 Å². The molecule has 0 saturated heterocycles. The van der Waals surface area contributed by atoms with E-state index in [1.807, 2.05) is 31.2 Å². The molecule has 23 heavy (non-hydrogen) atoms. The summed E-state index contributed by atoms with van der Waals surface area (Å²) in [5, 5.41) is 11.0. The minimum absolute atomic E-state index is 0.320. The van der Waals surface area contributed by atoms with E-state index >= 15 is 0 Å². The molecule has 118 valence electrons. The highest BCUT2D eigenvalue weighted by Gasteiger charge is 2.19. The lowest BCUT2D eigenvalue weighted by molar-refractivity contribution is -0.139. The highest BCUT2D eigenvalue weighted by atomic mass is 16.5. The normalized spacial score (nSPS) is 14.3. The molecule has 0 spiro atoms. The fourth-order valence-electron chi connectivity index (χ4n) is 3.16. The lowest BCUT2D eigenvalue weighted by Crippen LogP contribution is -2.24. The van der Waals surface area contributed by atoms with Crippen molar-refractivity contribution in [2.75, 3.05) is 6.61 Å². The van der Waals surface area contributed by atoms with E-state index in [4.69, 9.17) is 9.84 Å². The summed E-state index contributed by atoms with van der Waals surface area (Å²) in [5.41, 5.74) is 4.79. The summed E-state index contributed by atoms with van der Waals surface area (Å²) in [7, 11) is 0. The SMILES string of the molecule is C=C/C=c1/[nH]c2c(/c1=C/C)CCc1cc(OCC(=O)O)ccc1-2. The molecule has 1 aromatic carbocycles. The summed E-state index contributed by atoms with van der Waals surface area (Å²) in [6, 6.07) is 5.76. The van der Waals surface area contributed by atoms with Crippen LogP contribution in [0, 0.1) is 0 Å². The van der Waals surface area contributed by atoms with Gasteiger partial charge in [-0.2, -0.15) is 0 Å². The van der Waals surface area contributed by atoms with Gasteiger partial charge in [0.25, 0.3) is 0 Å². The van der Waals surface area contributed by atoms with Gasteiger partial charge < -0.3 is 14.8 Å². The van der Waals surface area contributed by atoms with E-state index in [1.165, 1.54) is 16.3 Å². The maximum absolute atomic E-state index is 10.6. The van der Waals surface area contributed by atoms with Crippen LogP contribution in [-0.2, 0) is 17.6 Å². The third-order valence-electron chi connectivity index (χ3n) is 4.10. The van der Waals surface area contributed by atoms with Gasteiger partial charge in [0.2, 0.25) is 0 Å². The van der Waals surface area contributed by atoms with Crippen LogP contribution < -0.4 is 15.3 Å². The van der Waals surface area contributed by atoms with Gasteiger partial charge in [-0.3, -0.25) is 0 Å². The smallest absolute Gasteiger partial charge is 0.341 e. The monoisotopic (exact) mass is 309 g/mol. The number of carboxylic acid groups (broad SMARTS) is 1. The number of aliphatic carboxylic acids is 1. The van der Waals surface area contributed by atoms with E-state index in [0.717, 1.165) is 29.4 Å². The lowest BCUT2D eigenvalue weighted by atomic mass is 9.89. The van der Waals surface area contributed by atoms with E-state index in [-0.39, 0.29) is 6.61 Å². The van der Waals surface area contributed by atoms with Crippen molar-refractivity contribution in [3.8, 4) is 17.0 Å². The van der Waals surface area contributed by atoms with Crippen molar-refractivity contribution in [1.29, 1.82) is 0 Å². The second kappa shape index (κ2) is 6.16. The molecule has 2 N–H and O–H groups in total. The Morgan fingerprint density at radius 1 is 1.43 bits per heavy atom. The van der Waals surface area contributed by atoms with Gasteiger partial charge in [-0.15, -0.1) is 0 Å². The zero-order chi connectivity index (χ0) is 16.4. The van der Waals surface area contributed by atoms with Gasteiger partial charge in [-0.25, -0.2) is 4.79 Å².